The molecular formula is C26H17NSe. The maximum atomic E-state index is 4.89. The summed E-state index contributed by atoms with van der Waals surface area (Å²) in [4.78, 5) is 4.89. The van der Waals surface area contributed by atoms with Crippen LogP contribution in [0, 0.1) is 6.92 Å². The normalized spacial score (nSPS) is 11.8. The minimum atomic E-state index is 0.340. The molecule has 0 unspecified atom stereocenters. The zero-order valence-electron chi connectivity index (χ0n) is 15.4. The van der Waals surface area contributed by atoms with E-state index < -0.39 is 0 Å². The number of para-hydroxylation sites is 1. The number of hydrogen-bond acceptors (Lipinski definition) is 1. The van der Waals surface area contributed by atoms with Crippen molar-refractivity contribution in [1.29, 1.82) is 0 Å². The predicted molar refractivity (Wildman–Crippen MR) is 121 cm³/mol. The van der Waals surface area contributed by atoms with Gasteiger partial charge >= 0.3 is 169 Å². The summed E-state index contributed by atoms with van der Waals surface area (Å²) in [6.45, 7) is 2.23. The van der Waals surface area contributed by atoms with Crippen molar-refractivity contribution in [3.63, 3.8) is 0 Å². The minimum absolute atomic E-state index is 0.340. The van der Waals surface area contributed by atoms with Gasteiger partial charge in [-0.05, 0) is 0 Å². The summed E-state index contributed by atoms with van der Waals surface area (Å²) in [6, 6.07) is 30.7. The van der Waals surface area contributed by atoms with E-state index in [0.717, 1.165) is 11.2 Å². The quantitative estimate of drug-likeness (QED) is 0.268. The van der Waals surface area contributed by atoms with Gasteiger partial charge in [-0.2, -0.15) is 0 Å². The molecule has 6 aromatic rings. The molecule has 0 aliphatic carbocycles. The van der Waals surface area contributed by atoms with Crippen LogP contribution >= 0.6 is 0 Å². The summed E-state index contributed by atoms with van der Waals surface area (Å²) in [7, 11) is 0. The maximum absolute atomic E-state index is 4.89. The number of nitrogens with zero attached hydrogens (tertiary/aromatic N) is 1. The fourth-order valence-corrected chi connectivity index (χ4v) is 6.85. The summed E-state index contributed by atoms with van der Waals surface area (Å²) >= 11 is 0.340. The Balaban J connectivity index is 1.62. The van der Waals surface area contributed by atoms with Crippen LogP contribution in [-0.4, -0.2) is 19.5 Å². The second-order valence-electron chi connectivity index (χ2n) is 7.31. The second kappa shape index (κ2) is 6.04. The van der Waals surface area contributed by atoms with E-state index >= 15 is 0 Å². The summed E-state index contributed by atoms with van der Waals surface area (Å²) in [5.41, 5.74) is 4.69. The molecule has 0 saturated heterocycles. The molecule has 0 spiro atoms. The van der Waals surface area contributed by atoms with Gasteiger partial charge in [0.2, 0.25) is 0 Å². The molecule has 2 aromatic heterocycles. The zero-order valence-corrected chi connectivity index (χ0v) is 17.2. The van der Waals surface area contributed by atoms with Gasteiger partial charge in [-0.15, -0.1) is 0 Å². The SMILES string of the molecule is Cc1cc2[se]c3cc(-c4ccc5ccccc5n4)ccc3c2c2ccccc12. The van der Waals surface area contributed by atoms with E-state index in [0.29, 0.717) is 14.5 Å². The Hall–Kier alpha value is -2.93. The Bertz CT molecular complexity index is 1520. The van der Waals surface area contributed by atoms with Crippen LogP contribution in [0.5, 0.6) is 0 Å². The molecular weight excluding hydrogens is 405 g/mol. The second-order valence-corrected chi connectivity index (χ2v) is 9.59. The molecule has 2 heteroatoms. The van der Waals surface area contributed by atoms with Crippen LogP contribution in [0.15, 0.2) is 84.9 Å². The standard InChI is InChI=1S/C26H17NSe/c1-16-14-25-26(20-8-4-3-7-19(16)20)21-12-10-18(15-24(21)28-25)23-13-11-17-6-2-5-9-22(17)27-23/h2-15H,1H3. The Morgan fingerprint density at radius 1 is 0.679 bits per heavy atom. The third kappa shape index (κ3) is 2.36. The molecule has 6 rings (SSSR count). The molecule has 0 saturated carbocycles. The molecule has 0 atom stereocenters. The van der Waals surface area contributed by atoms with Gasteiger partial charge in [-0.3, -0.25) is 0 Å². The number of aryl methyl sites for hydroxylation is 1. The third-order valence-electron chi connectivity index (χ3n) is 5.58. The average Bonchev–Trinajstić information content (AvgIpc) is 3.11. The van der Waals surface area contributed by atoms with Crippen LogP contribution in [0.4, 0.5) is 0 Å². The van der Waals surface area contributed by atoms with Crippen molar-refractivity contribution in [3.8, 4) is 11.3 Å². The summed E-state index contributed by atoms with van der Waals surface area (Å²) in [6.07, 6.45) is 0. The molecule has 2 heterocycles. The summed E-state index contributed by atoms with van der Waals surface area (Å²) in [5.74, 6) is 0. The first-order chi connectivity index (χ1) is 13.8. The van der Waals surface area contributed by atoms with Gasteiger partial charge in [0.25, 0.3) is 0 Å². The monoisotopic (exact) mass is 423 g/mol. The van der Waals surface area contributed by atoms with Gasteiger partial charge < -0.3 is 0 Å². The first-order valence-corrected chi connectivity index (χ1v) is 11.2. The van der Waals surface area contributed by atoms with E-state index in [1.807, 2.05) is 0 Å². The molecule has 0 fully saturated rings. The topological polar surface area (TPSA) is 12.9 Å². The van der Waals surface area contributed by atoms with Crippen molar-refractivity contribution in [1.82, 2.24) is 4.98 Å². The van der Waals surface area contributed by atoms with Crippen molar-refractivity contribution in [2.75, 3.05) is 0 Å². The van der Waals surface area contributed by atoms with Crippen molar-refractivity contribution in [2.24, 2.45) is 0 Å². The van der Waals surface area contributed by atoms with Gasteiger partial charge in [0.1, 0.15) is 0 Å². The molecule has 1 nitrogen and oxygen atoms in total. The van der Waals surface area contributed by atoms with Crippen molar-refractivity contribution in [3.05, 3.63) is 90.5 Å². The first-order valence-electron chi connectivity index (χ1n) is 9.49. The van der Waals surface area contributed by atoms with Crippen LogP contribution in [0.1, 0.15) is 5.56 Å². The third-order valence-corrected chi connectivity index (χ3v) is 7.89. The van der Waals surface area contributed by atoms with Crippen molar-refractivity contribution >= 4 is 55.5 Å². The molecule has 28 heavy (non-hydrogen) atoms. The van der Waals surface area contributed by atoms with E-state index in [1.54, 1.807) is 0 Å². The molecule has 4 aromatic carbocycles. The van der Waals surface area contributed by atoms with Gasteiger partial charge in [0.15, 0.2) is 0 Å². The van der Waals surface area contributed by atoms with E-state index in [-0.39, 0.29) is 0 Å². The molecule has 0 bridgehead atoms. The van der Waals surface area contributed by atoms with E-state index in [1.165, 1.54) is 46.6 Å². The van der Waals surface area contributed by atoms with Crippen LogP contribution in [-0.2, 0) is 0 Å². The number of hydrogen-bond donors (Lipinski definition) is 0. The van der Waals surface area contributed by atoms with Crippen LogP contribution < -0.4 is 0 Å². The van der Waals surface area contributed by atoms with E-state index in [9.17, 15) is 0 Å². The Morgan fingerprint density at radius 3 is 2.43 bits per heavy atom. The Kier molecular flexibility index (Phi) is 3.46. The van der Waals surface area contributed by atoms with E-state index in [4.69, 9.17) is 4.98 Å². The Morgan fingerprint density at radius 2 is 1.50 bits per heavy atom. The van der Waals surface area contributed by atoms with Crippen LogP contribution in [0.3, 0.4) is 0 Å². The number of fused-ring (bicyclic) bond motifs is 6. The number of aromatic nitrogens is 1. The molecule has 0 aliphatic rings. The Labute approximate surface area is 169 Å². The summed E-state index contributed by atoms with van der Waals surface area (Å²) in [5, 5.41) is 6.77. The zero-order chi connectivity index (χ0) is 18.7. The first kappa shape index (κ1) is 16.1. The number of pyridine rings is 1. The fourth-order valence-electron chi connectivity index (χ4n) is 4.20. The van der Waals surface area contributed by atoms with Gasteiger partial charge in [-0.1, -0.05) is 0 Å². The van der Waals surface area contributed by atoms with Crippen LogP contribution in [0.2, 0.25) is 0 Å². The fraction of sp³-hybridized carbons (Fsp3) is 0.0385. The molecule has 0 aliphatic heterocycles. The summed E-state index contributed by atoms with van der Waals surface area (Å²) < 4.78 is 2.97. The van der Waals surface area contributed by atoms with Gasteiger partial charge in [-0.25, -0.2) is 0 Å². The molecule has 0 amide bonds. The van der Waals surface area contributed by atoms with Gasteiger partial charge in [0, 0.05) is 0 Å². The van der Waals surface area contributed by atoms with Crippen molar-refractivity contribution < 1.29 is 0 Å². The van der Waals surface area contributed by atoms with E-state index in [2.05, 4.69) is 91.9 Å². The number of rotatable bonds is 1. The molecule has 132 valence electrons. The predicted octanol–water partition coefficient (Wildman–Crippen LogP) is 6.73. The van der Waals surface area contributed by atoms with Gasteiger partial charge in [0.05, 0.1) is 0 Å². The average molecular weight is 422 g/mol. The number of benzene rings is 4. The molecule has 0 N–H and O–H groups in total. The van der Waals surface area contributed by atoms with Crippen LogP contribution in [0.25, 0.3) is 52.2 Å². The van der Waals surface area contributed by atoms with Crippen molar-refractivity contribution in [2.45, 2.75) is 6.92 Å². The molecule has 0 radical (unpaired) electrons.